The van der Waals surface area contributed by atoms with Crippen LogP contribution in [0.2, 0.25) is 0 Å². The average molecular weight is 298 g/mol. The van der Waals surface area contributed by atoms with Crippen LogP contribution in [-0.2, 0) is 0 Å². The third-order valence-corrected chi connectivity index (χ3v) is 5.30. The molecule has 0 aliphatic carbocycles. The van der Waals surface area contributed by atoms with E-state index in [-0.39, 0.29) is 17.5 Å². The van der Waals surface area contributed by atoms with Gasteiger partial charge in [0.15, 0.2) is 6.00 Å². The summed E-state index contributed by atoms with van der Waals surface area (Å²) < 4.78 is 14.5. The molecule has 108 valence electrons. The molecule has 20 heavy (non-hydrogen) atoms. The predicted octanol–water partition coefficient (Wildman–Crippen LogP) is 2.36. The van der Waals surface area contributed by atoms with Crippen molar-refractivity contribution in [3.05, 3.63) is 35.6 Å². The van der Waals surface area contributed by atoms with Crippen molar-refractivity contribution >= 4 is 17.5 Å². The van der Waals surface area contributed by atoms with E-state index in [1.54, 1.807) is 12.1 Å². The highest BCUT2D eigenvalue weighted by Crippen LogP contribution is 2.34. The van der Waals surface area contributed by atoms with Crippen LogP contribution in [0.1, 0.15) is 23.2 Å². The molecule has 0 unspecified atom stereocenters. The topological polar surface area (TPSA) is 29.1 Å². The first-order chi connectivity index (χ1) is 9.63. The lowest BCUT2D eigenvalue weighted by Crippen LogP contribution is -2.66. The molecular weight excluding hydrogens is 279 g/mol. The zero-order chi connectivity index (χ0) is 14.2. The molecule has 3 aliphatic heterocycles. The van der Waals surface area contributed by atoms with Crippen molar-refractivity contribution in [2.24, 2.45) is 5.92 Å². The van der Waals surface area contributed by atoms with Crippen molar-refractivity contribution in [1.82, 2.24) is 5.32 Å². The van der Waals surface area contributed by atoms with Crippen LogP contribution in [0.3, 0.4) is 0 Å². The second-order valence-electron chi connectivity index (χ2n) is 5.99. The van der Waals surface area contributed by atoms with Crippen molar-refractivity contribution in [2.75, 3.05) is 25.6 Å². The van der Waals surface area contributed by atoms with Gasteiger partial charge in [-0.1, -0.05) is 23.7 Å². The summed E-state index contributed by atoms with van der Waals surface area (Å²) in [6, 6.07) is 6.83. The standard InChI is InChI=1S/C15H18ClFN2O/c16-10-19-7-5-11(6-8-19)14(9-19)18-15(20)12-3-1-2-4-13(12)17/h1-4,11,14H,5-10H2/p+1/t11?,14-,19?/m0/s1. The molecule has 1 amide bonds. The third kappa shape index (κ3) is 2.42. The smallest absolute Gasteiger partial charge is 0.254 e. The lowest BCUT2D eigenvalue weighted by Gasteiger charge is -2.51. The summed E-state index contributed by atoms with van der Waals surface area (Å²) in [5, 5.41) is 3.01. The summed E-state index contributed by atoms with van der Waals surface area (Å²) in [5.74, 6) is -0.268. The van der Waals surface area contributed by atoms with Gasteiger partial charge in [0.1, 0.15) is 12.4 Å². The molecule has 3 fully saturated rings. The zero-order valence-electron chi connectivity index (χ0n) is 11.3. The predicted molar refractivity (Wildman–Crippen MR) is 76.0 cm³/mol. The van der Waals surface area contributed by atoms with Crippen LogP contribution in [0.25, 0.3) is 0 Å². The molecule has 2 bridgehead atoms. The van der Waals surface area contributed by atoms with Crippen LogP contribution in [0.15, 0.2) is 24.3 Å². The number of carbonyl (C=O) groups is 1. The molecule has 0 radical (unpaired) electrons. The first-order valence-electron chi connectivity index (χ1n) is 7.10. The summed E-state index contributed by atoms with van der Waals surface area (Å²) in [4.78, 5) is 12.2. The molecular formula is C15H19ClFN2O+. The first kappa shape index (κ1) is 13.8. The molecule has 3 saturated heterocycles. The SMILES string of the molecule is O=C(N[C@H]1C[N+]2(CCl)CCC1CC2)c1ccccc1F. The highest BCUT2D eigenvalue weighted by molar-refractivity contribution is 6.17. The first-order valence-corrected chi connectivity index (χ1v) is 7.63. The van der Waals surface area contributed by atoms with Gasteiger partial charge in [-0.25, -0.2) is 4.39 Å². The largest absolute Gasteiger partial charge is 0.343 e. The van der Waals surface area contributed by atoms with Crippen LogP contribution in [0.4, 0.5) is 4.39 Å². The summed E-state index contributed by atoms with van der Waals surface area (Å²) in [7, 11) is 0. The van der Waals surface area contributed by atoms with Crippen LogP contribution in [0.5, 0.6) is 0 Å². The number of carbonyl (C=O) groups excluding carboxylic acids is 1. The number of nitrogens with one attached hydrogen (secondary N) is 1. The van der Waals surface area contributed by atoms with E-state index in [1.165, 1.54) is 12.1 Å². The van der Waals surface area contributed by atoms with Gasteiger partial charge in [0, 0.05) is 12.8 Å². The quantitative estimate of drug-likeness (QED) is 0.518. The number of rotatable bonds is 3. The van der Waals surface area contributed by atoms with Crippen LogP contribution in [-0.4, -0.2) is 42.1 Å². The lowest BCUT2D eigenvalue weighted by atomic mass is 9.82. The van der Waals surface area contributed by atoms with E-state index in [2.05, 4.69) is 5.32 Å². The maximum absolute atomic E-state index is 13.6. The molecule has 0 aromatic heterocycles. The van der Waals surface area contributed by atoms with E-state index in [0.29, 0.717) is 11.9 Å². The number of benzene rings is 1. The number of quaternary nitrogens is 1. The number of alkyl halides is 1. The Bertz CT molecular complexity index is 514. The number of nitrogens with zero attached hydrogens (tertiary/aromatic N) is 1. The van der Waals surface area contributed by atoms with Gasteiger partial charge in [0.2, 0.25) is 0 Å². The molecule has 0 saturated carbocycles. The molecule has 1 aromatic carbocycles. The number of amides is 1. The summed E-state index contributed by atoms with van der Waals surface area (Å²) in [6.45, 7) is 3.06. The van der Waals surface area contributed by atoms with Crippen molar-refractivity contribution in [3.8, 4) is 0 Å². The minimum Gasteiger partial charge on any atom is -0.343 e. The Morgan fingerprint density at radius 2 is 2.05 bits per heavy atom. The number of hydrogen-bond donors (Lipinski definition) is 1. The van der Waals surface area contributed by atoms with Crippen molar-refractivity contribution in [3.63, 3.8) is 0 Å². The molecule has 5 heteroatoms. The Kier molecular flexibility index (Phi) is 3.69. The zero-order valence-corrected chi connectivity index (χ0v) is 12.1. The van der Waals surface area contributed by atoms with E-state index in [4.69, 9.17) is 11.6 Å². The maximum atomic E-state index is 13.6. The Hall–Kier alpha value is -1.13. The monoisotopic (exact) mass is 297 g/mol. The van der Waals surface area contributed by atoms with E-state index in [1.807, 2.05) is 0 Å². The summed E-state index contributed by atoms with van der Waals surface area (Å²) >= 11 is 6.11. The van der Waals surface area contributed by atoms with Gasteiger partial charge in [0.25, 0.3) is 5.91 Å². The molecule has 4 rings (SSSR count). The Balaban J connectivity index is 1.72. The molecule has 3 heterocycles. The molecule has 0 spiro atoms. The third-order valence-electron chi connectivity index (χ3n) is 4.79. The summed E-state index contributed by atoms with van der Waals surface area (Å²) in [5.41, 5.74) is 0.126. The highest BCUT2D eigenvalue weighted by Gasteiger charge is 2.45. The van der Waals surface area contributed by atoms with Crippen LogP contribution in [0, 0.1) is 11.7 Å². The minimum absolute atomic E-state index is 0.114. The fraction of sp³-hybridized carbons (Fsp3) is 0.533. The van der Waals surface area contributed by atoms with Gasteiger partial charge in [-0.3, -0.25) is 4.79 Å². The van der Waals surface area contributed by atoms with Crippen molar-refractivity contribution in [2.45, 2.75) is 18.9 Å². The number of fused-ring (bicyclic) bond motifs is 3. The number of halogens is 2. The Labute approximate surface area is 123 Å². The molecule has 1 N–H and O–H groups in total. The van der Waals surface area contributed by atoms with Crippen molar-refractivity contribution in [1.29, 1.82) is 0 Å². The summed E-state index contributed by atoms with van der Waals surface area (Å²) in [6.07, 6.45) is 2.18. The molecule has 3 nitrogen and oxygen atoms in total. The second kappa shape index (κ2) is 5.34. The minimum atomic E-state index is -0.465. The van der Waals surface area contributed by atoms with Gasteiger partial charge in [-0.15, -0.1) is 0 Å². The highest BCUT2D eigenvalue weighted by atomic mass is 35.5. The van der Waals surface area contributed by atoms with Crippen LogP contribution >= 0.6 is 11.6 Å². The van der Waals surface area contributed by atoms with E-state index in [9.17, 15) is 9.18 Å². The Morgan fingerprint density at radius 3 is 2.70 bits per heavy atom. The maximum Gasteiger partial charge on any atom is 0.254 e. The van der Waals surface area contributed by atoms with E-state index >= 15 is 0 Å². The Morgan fingerprint density at radius 1 is 1.35 bits per heavy atom. The second-order valence-corrected chi connectivity index (χ2v) is 6.23. The van der Waals surface area contributed by atoms with Gasteiger partial charge in [0.05, 0.1) is 24.7 Å². The number of hydrogen-bond acceptors (Lipinski definition) is 1. The normalized spacial score (nSPS) is 32.1. The average Bonchev–Trinajstić information content (AvgIpc) is 2.49. The van der Waals surface area contributed by atoms with Gasteiger partial charge >= 0.3 is 0 Å². The fourth-order valence-electron chi connectivity index (χ4n) is 3.51. The van der Waals surface area contributed by atoms with Gasteiger partial charge in [-0.2, -0.15) is 0 Å². The van der Waals surface area contributed by atoms with Gasteiger partial charge in [-0.05, 0) is 18.1 Å². The van der Waals surface area contributed by atoms with E-state index < -0.39 is 5.82 Å². The van der Waals surface area contributed by atoms with Gasteiger partial charge < -0.3 is 9.80 Å². The fourth-order valence-corrected chi connectivity index (χ4v) is 3.85. The van der Waals surface area contributed by atoms with Crippen molar-refractivity contribution < 1.29 is 13.7 Å². The molecule has 1 atom stereocenters. The lowest BCUT2D eigenvalue weighted by molar-refractivity contribution is -0.933. The molecule has 1 aromatic rings. The number of piperidine rings is 3. The van der Waals surface area contributed by atoms with E-state index in [0.717, 1.165) is 37.0 Å². The molecule has 3 aliphatic rings. The van der Waals surface area contributed by atoms with Crippen LogP contribution < -0.4 is 5.32 Å².